The normalized spacial score (nSPS) is 12.5. The van der Waals surface area contributed by atoms with Crippen LogP contribution in [-0.2, 0) is 5.41 Å². The van der Waals surface area contributed by atoms with Gasteiger partial charge in [0.2, 0.25) is 0 Å². The number of rotatable bonds is 7. The molecule has 0 N–H and O–H groups in total. The van der Waals surface area contributed by atoms with Crippen LogP contribution in [0.2, 0.25) is 0 Å². The number of benzene rings is 9. The lowest BCUT2D eigenvalue weighted by molar-refractivity contribution is 0.768. The Morgan fingerprint density at radius 2 is 0.729 bits per heavy atom. The van der Waals surface area contributed by atoms with E-state index in [-0.39, 0.29) is 0 Å². The minimum Gasteiger partial charge on any atom is -0.208 e. The second-order valence-electron chi connectivity index (χ2n) is 15.1. The van der Waals surface area contributed by atoms with Gasteiger partial charge in [0.1, 0.15) is 0 Å². The average Bonchev–Trinajstić information content (AvgIpc) is 3.62. The van der Waals surface area contributed by atoms with E-state index in [0.717, 1.165) is 44.2 Å². The van der Waals surface area contributed by atoms with E-state index in [1.807, 2.05) is 24.3 Å². The van der Waals surface area contributed by atoms with Gasteiger partial charge in [0, 0.05) is 16.7 Å². The van der Waals surface area contributed by atoms with Crippen molar-refractivity contribution >= 4 is 10.8 Å². The Hall–Kier alpha value is -7.75. The maximum atomic E-state index is 5.24. The van der Waals surface area contributed by atoms with E-state index in [0.29, 0.717) is 17.5 Å². The van der Waals surface area contributed by atoms with Crippen molar-refractivity contribution in [1.29, 1.82) is 0 Å². The maximum absolute atomic E-state index is 5.24. The zero-order chi connectivity index (χ0) is 39.2. The third-order valence-electron chi connectivity index (χ3n) is 11.8. The molecule has 0 spiro atoms. The fourth-order valence-electron chi connectivity index (χ4n) is 9.08. The van der Waals surface area contributed by atoms with E-state index in [9.17, 15) is 0 Å². The van der Waals surface area contributed by atoms with Crippen molar-refractivity contribution in [3.63, 3.8) is 0 Å². The lowest BCUT2D eigenvalue weighted by atomic mass is 9.67. The molecule has 3 heteroatoms. The quantitative estimate of drug-likeness (QED) is 0.163. The topological polar surface area (TPSA) is 38.7 Å². The van der Waals surface area contributed by atoms with Crippen molar-refractivity contribution in [1.82, 2.24) is 15.0 Å². The second kappa shape index (κ2) is 14.3. The highest BCUT2D eigenvalue weighted by Crippen LogP contribution is 2.56. The van der Waals surface area contributed by atoms with Gasteiger partial charge in [0.25, 0.3) is 0 Å². The smallest absolute Gasteiger partial charge is 0.164 e. The van der Waals surface area contributed by atoms with Crippen LogP contribution in [-0.4, -0.2) is 15.0 Å². The summed E-state index contributed by atoms with van der Waals surface area (Å²) in [6, 6.07) is 80.1. The van der Waals surface area contributed by atoms with Crippen molar-refractivity contribution in [2.75, 3.05) is 0 Å². The summed E-state index contributed by atoms with van der Waals surface area (Å²) in [6.07, 6.45) is 0. The summed E-state index contributed by atoms with van der Waals surface area (Å²) in [7, 11) is 0. The summed E-state index contributed by atoms with van der Waals surface area (Å²) in [6.45, 7) is 0. The third-order valence-corrected chi connectivity index (χ3v) is 11.8. The highest BCUT2D eigenvalue weighted by atomic mass is 15.0. The van der Waals surface area contributed by atoms with Gasteiger partial charge in [-0.15, -0.1) is 0 Å². The molecule has 1 aliphatic carbocycles. The molecule has 3 nitrogen and oxygen atoms in total. The van der Waals surface area contributed by atoms with Gasteiger partial charge in [-0.05, 0) is 84.6 Å². The SMILES string of the molecule is c1ccc(-c2ccc(-c3nc(-c4ccccc4)nc(-c4cc(-c5ccc6c(c5)-c5ccccc5C6(c5ccccc5)c5ccccc5)cc5ccccc45)n3)cc2)cc1. The van der Waals surface area contributed by atoms with E-state index < -0.39 is 5.41 Å². The summed E-state index contributed by atoms with van der Waals surface area (Å²) < 4.78 is 0. The van der Waals surface area contributed by atoms with Crippen LogP contribution in [0.15, 0.2) is 224 Å². The molecule has 0 bridgehead atoms. The molecule has 0 aliphatic heterocycles. The fourth-order valence-corrected chi connectivity index (χ4v) is 9.08. The number of hydrogen-bond donors (Lipinski definition) is 0. The lowest BCUT2D eigenvalue weighted by Crippen LogP contribution is -2.28. The van der Waals surface area contributed by atoms with Crippen LogP contribution < -0.4 is 0 Å². The minimum atomic E-state index is -0.448. The molecular formula is C56H37N3. The molecule has 0 saturated carbocycles. The van der Waals surface area contributed by atoms with E-state index >= 15 is 0 Å². The van der Waals surface area contributed by atoms with Crippen molar-refractivity contribution in [3.05, 3.63) is 247 Å². The molecule has 1 aromatic heterocycles. The number of fused-ring (bicyclic) bond motifs is 4. The van der Waals surface area contributed by atoms with Crippen LogP contribution in [0.4, 0.5) is 0 Å². The Bertz CT molecular complexity index is 3080. The van der Waals surface area contributed by atoms with Gasteiger partial charge in [-0.1, -0.05) is 206 Å². The molecular weight excluding hydrogens is 715 g/mol. The maximum Gasteiger partial charge on any atom is 0.164 e. The van der Waals surface area contributed by atoms with E-state index in [4.69, 9.17) is 15.0 Å². The molecule has 0 unspecified atom stereocenters. The Kier molecular flexibility index (Phi) is 8.37. The predicted octanol–water partition coefficient (Wildman–Crippen LogP) is 13.7. The first kappa shape index (κ1) is 34.5. The van der Waals surface area contributed by atoms with Crippen molar-refractivity contribution in [2.24, 2.45) is 0 Å². The highest BCUT2D eigenvalue weighted by Gasteiger charge is 2.46. The minimum absolute atomic E-state index is 0.448. The molecule has 0 radical (unpaired) electrons. The molecule has 0 fully saturated rings. The molecule has 9 aromatic carbocycles. The summed E-state index contributed by atoms with van der Waals surface area (Å²) in [5.74, 6) is 1.91. The van der Waals surface area contributed by atoms with Gasteiger partial charge in [-0.3, -0.25) is 0 Å². The van der Waals surface area contributed by atoms with E-state index in [2.05, 4.69) is 200 Å². The van der Waals surface area contributed by atoms with E-state index in [1.165, 1.54) is 38.9 Å². The van der Waals surface area contributed by atoms with Crippen molar-refractivity contribution < 1.29 is 0 Å². The summed E-state index contributed by atoms with van der Waals surface area (Å²) in [4.78, 5) is 15.5. The Morgan fingerprint density at radius 1 is 0.271 bits per heavy atom. The van der Waals surface area contributed by atoms with Crippen LogP contribution in [0, 0.1) is 0 Å². The fraction of sp³-hybridized carbons (Fsp3) is 0.0179. The third kappa shape index (κ3) is 5.86. The first-order valence-electron chi connectivity index (χ1n) is 20.1. The second-order valence-corrected chi connectivity index (χ2v) is 15.1. The lowest BCUT2D eigenvalue weighted by Gasteiger charge is -2.33. The molecule has 276 valence electrons. The van der Waals surface area contributed by atoms with E-state index in [1.54, 1.807) is 0 Å². The molecule has 59 heavy (non-hydrogen) atoms. The molecule has 1 heterocycles. The Balaban J connectivity index is 1.09. The van der Waals surface area contributed by atoms with Gasteiger partial charge >= 0.3 is 0 Å². The van der Waals surface area contributed by atoms with Crippen LogP contribution >= 0.6 is 0 Å². The zero-order valence-electron chi connectivity index (χ0n) is 32.2. The number of aromatic nitrogens is 3. The predicted molar refractivity (Wildman–Crippen MR) is 242 cm³/mol. The first-order valence-corrected chi connectivity index (χ1v) is 20.1. The van der Waals surface area contributed by atoms with Crippen LogP contribution in [0.3, 0.4) is 0 Å². The van der Waals surface area contributed by atoms with Gasteiger partial charge in [-0.2, -0.15) is 0 Å². The Morgan fingerprint density at radius 3 is 1.41 bits per heavy atom. The summed E-state index contributed by atoms with van der Waals surface area (Å²) >= 11 is 0. The molecule has 1 aliphatic rings. The monoisotopic (exact) mass is 751 g/mol. The van der Waals surface area contributed by atoms with Crippen LogP contribution in [0.25, 0.3) is 78.3 Å². The van der Waals surface area contributed by atoms with Crippen molar-refractivity contribution in [3.8, 4) is 67.5 Å². The molecule has 0 saturated heterocycles. The molecule has 10 aromatic rings. The summed E-state index contributed by atoms with van der Waals surface area (Å²) in [5, 5.41) is 2.21. The molecule has 11 rings (SSSR count). The zero-order valence-corrected chi connectivity index (χ0v) is 32.2. The highest BCUT2D eigenvalue weighted by molar-refractivity contribution is 6.00. The van der Waals surface area contributed by atoms with Crippen LogP contribution in [0.1, 0.15) is 22.3 Å². The number of hydrogen-bond acceptors (Lipinski definition) is 3. The van der Waals surface area contributed by atoms with Crippen LogP contribution in [0.5, 0.6) is 0 Å². The van der Waals surface area contributed by atoms with Gasteiger partial charge in [0.05, 0.1) is 5.41 Å². The standard InChI is InChI=1S/C56H37N3/c1-5-17-38(18-6-1)39-29-31-41(32-30-39)54-57-53(40-19-7-2-8-20-40)58-55(59-54)50-37-44(35-43-21-13-14-26-47(43)50)42-33-34-52-49(36-42)48-27-15-16-28-51(48)56(52,45-22-9-3-10-23-45)46-24-11-4-12-25-46/h1-37H. The van der Waals surface area contributed by atoms with Crippen molar-refractivity contribution in [2.45, 2.75) is 5.41 Å². The average molecular weight is 752 g/mol. The molecule has 0 amide bonds. The van der Waals surface area contributed by atoms with Gasteiger partial charge < -0.3 is 0 Å². The molecule has 0 atom stereocenters. The van der Waals surface area contributed by atoms with Gasteiger partial charge in [-0.25, -0.2) is 15.0 Å². The number of nitrogens with zero attached hydrogens (tertiary/aromatic N) is 3. The first-order chi connectivity index (χ1) is 29.2. The Labute approximate surface area is 344 Å². The van der Waals surface area contributed by atoms with Gasteiger partial charge in [0.15, 0.2) is 17.5 Å². The largest absolute Gasteiger partial charge is 0.208 e. The summed E-state index contributed by atoms with van der Waals surface area (Å²) in [5.41, 5.74) is 14.5.